The number of nitrogens with zero attached hydrogens (tertiary/aromatic N) is 2. The molecule has 1 aromatic carbocycles. The van der Waals surface area contributed by atoms with Crippen LogP contribution in [0.5, 0.6) is 0 Å². The van der Waals surface area contributed by atoms with Crippen LogP contribution in [-0.4, -0.2) is 22.9 Å². The third-order valence-electron chi connectivity index (χ3n) is 6.18. The number of benzene rings is 1. The highest BCUT2D eigenvalue weighted by Gasteiger charge is 2.54. The van der Waals surface area contributed by atoms with E-state index in [4.69, 9.17) is 9.72 Å². The predicted octanol–water partition coefficient (Wildman–Crippen LogP) is 4.16. The standard InChI is InChI=1S/C22H23FN2O2/c1-12-17-9-16-19(15-7-5-6-8-18(15)23)24-13(2)25-21(16)22(17,3)10-14(11-27-4)20(12)26/h5-8,11-12,17H,9-10H2,1-4H3/b14-11-/t12-,17-,22-/m1/s1. The molecule has 140 valence electrons. The van der Waals surface area contributed by atoms with Gasteiger partial charge in [0, 0.05) is 28.0 Å². The molecule has 0 saturated heterocycles. The van der Waals surface area contributed by atoms with E-state index in [9.17, 15) is 9.18 Å². The van der Waals surface area contributed by atoms with Crippen molar-refractivity contribution in [3.05, 3.63) is 59.0 Å². The van der Waals surface area contributed by atoms with E-state index in [2.05, 4.69) is 11.9 Å². The number of methoxy groups -OCH3 is 1. The van der Waals surface area contributed by atoms with Crippen LogP contribution < -0.4 is 0 Å². The Bertz CT molecular complexity index is 969. The number of halogens is 1. The van der Waals surface area contributed by atoms with Crippen LogP contribution >= 0.6 is 0 Å². The van der Waals surface area contributed by atoms with Gasteiger partial charge in [-0.1, -0.05) is 26.0 Å². The zero-order valence-electron chi connectivity index (χ0n) is 16.0. The molecule has 2 aromatic rings. The summed E-state index contributed by atoms with van der Waals surface area (Å²) in [5, 5.41) is 0. The van der Waals surface area contributed by atoms with Gasteiger partial charge in [0.2, 0.25) is 0 Å². The van der Waals surface area contributed by atoms with Crippen LogP contribution in [0.3, 0.4) is 0 Å². The molecule has 1 aromatic heterocycles. The van der Waals surface area contributed by atoms with Crippen LogP contribution in [0, 0.1) is 24.6 Å². The lowest BCUT2D eigenvalue weighted by Gasteiger charge is -2.40. The molecular weight excluding hydrogens is 343 g/mol. The van der Waals surface area contributed by atoms with Crippen molar-refractivity contribution in [2.24, 2.45) is 11.8 Å². The molecule has 5 heteroatoms. The number of hydrogen-bond acceptors (Lipinski definition) is 4. The second kappa shape index (κ2) is 6.25. The summed E-state index contributed by atoms with van der Waals surface area (Å²) in [5.41, 5.74) is 3.47. The van der Waals surface area contributed by atoms with Crippen molar-refractivity contribution in [1.29, 1.82) is 0 Å². The molecule has 0 bridgehead atoms. The summed E-state index contributed by atoms with van der Waals surface area (Å²) in [6.45, 7) is 5.97. The van der Waals surface area contributed by atoms with Gasteiger partial charge in [0.25, 0.3) is 0 Å². The van der Waals surface area contributed by atoms with Gasteiger partial charge in [-0.05, 0) is 37.8 Å². The zero-order chi connectivity index (χ0) is 19.3. The maximum absolute atomic E-state index is 14.5. The zero-order valence-corrected chi connectivity index (χ0v) is 16.0. The second-order valence-electron chi connectivity index (χ2n) is 7.86. The van der Waals surface area contributed by atoms with E-state index in [-0.39, 0.29) is 28.9 Å². The summed E-state index contributed by atoms with van der Waals surface area (Å²) < 4.78 is 19.7. The fraction of sp³-hybridized carbons (Fsp3) is 0.409. The molecule has 0 aliphatic heterocycles. The number of Topliss-reactive ketones (excluding diaryl/α,β-unsaturated/α-hetero) is 1. The van der Waals surface area contributed by atoms with E-state index in [1.165, 1.54) is 6.07 Å². The highest BCUT2D eigenvalue weighted by Crippen LogP contribution is 2.54. The minimum absolute atomic E-state index is 0.121. The van der Waals surface area contributed by atoms with Crippen molar-refractivity contribution >= 4 is 5.78 Å². The molecule has 27 heavy (non-hydrogen) atoms. The van der Waals surface area contributed by atoms with Gasteiger partial charge in [0.1, 0.15) is 11.6 Å². The predicted molar refractivity (Wildman–Crippen MR) is 101 cm³/mol. The molecule has 0 spiro atoms. The summed E-state index contributed by atoms with van der Waals surface area (Å²) in [6, 6.07) is 6.70. The number of hydrogen-bond donors (Lipinski definition) is 0. The van der Waals surface area contributed by atoms with Crippen molar-refractivity contribution in [3.8, 4) is 11.3 Å². The number of aromatic nitrogens is 2. The lowest BCUT2D eigenvalue weighted by atomic mass is 9.62. The van der Waals surface area contributed by atoms with Crippen molar-refractivity contribution in [3.63, 3.8) is 0 Å². The summed E-state index contributed by atoms with van der Waals surface area (Å²) in [7, 11) is 1.56. The summed E-state index contributed by atoms with van der Waals surface area (Å²) >= 11 is 0. The molecule has 0 amide bonds. The number of ketones is 1. The molecule has 1 saturated carbocycles. The van der Waals surface area contributed by atoms with Crippen LogP contribution in [0.4, 0.5) is 4.39 Å². The second-order valence-corrected chi connectivity index (χ2v) is 7.86. The van der Waals surface area contributed by atoms with Gasteiger partial charge in [0.15, 0.2) is 5.78 Å². The third kappa shape index (κ3) is 2.59. The molecule has 0 radical (unpaired) electrons. The molecule has 2 aliphatic carbocycles. The lowest BCUT2D eigenvalue weighted by molar-refractivity contribution is -0.123. The van der Waals surface area contributed by atoms with Gasteiger partial charge < -0.3 is 4.74 Å². The van der Waals surface area contributed by atoms with Crippen molar-refractivity contribution < 1.29 is 13.9 Å². The Hall–Kier alpha value is -2.56. The van der Waals surface area contributed by atoms with Gasteiger partial charge in [-0.15, -0.1) is 0 Å². The first-order chi connectivity index (χ1) is 12.9. The lowest BCUT2D eigenvalue weighted by Crippen LogP contribution is -2.43. The Morgan fingerprint density at radius 3 is 2.74 bits per heavy atom. The molecule has 4 rings (SSSR count). The fourth-order valence-corrected chi connectivity index (χ4v) is 4.90. The first-order valence-electron chi connectivity index (χ1n) is 9.25. The molecule has 1 heterocycles. The number of ether oxygens (including phenoxy) is 1. The number of aryl methyl sites for hydroxylation is 1. The largest absolute Gasteiger partial charge is 0.504 e. The maximum Gasteiger partial charge on any atom is 0.165 e. The Morgan fingerprint density at radius 2 is 2.04 bits per heavy atom. The van der Waals surface area contributed by atoms with Gasteiger partial charge in [-0.3, -0.25) is 4.79 Å². The van der Waals surface area contributed by atoms with E-state index in [0.717, 1.165) is 11.3 Å². The van der Waals surface area contributed by atoms with E-state index < -0.39 is 0 Å². The number of rotatable bonds is 2. The normalized spacial score (nSPS) is 28.2. The molecule has 3 atom stereocenters. The monoisotopic (exact) mass is 366 g/mol. The average molecular weight is 366 g/mol. The first kappa shape index (κ1) is 17.8. The van der Waals surface area contributed by atoms with E-state index in [1.807, 2.05) is 19.9 Å². The SMILES string of the molecule is CO/C=C1/C[C@@]2(C)c3nc(C)nc(-c4ccccc4F)c3C[C@@H]2[C@@H](C)C1=O. The molecule has 1 fully saturated rings. The molecule has 0 unspecified atom stereocenters. The first-order valence-corrected chi connectivity index (χ1v) is 9.25. The number of carbonyl (C=O) groups excluding carboxylic acids is 1. The minimum Gasteiger partial charge on any atom is -0.504 e. The highest BCUT2D eigenvalue weighted by molar-refractivity contribution is 5.98. The Balaban J connectivity index is 1.92. The minimum atomic E-state index is -0.291. The summed E-state index contributed by atoms with van der Waals surface area (Å²) in [4.78, 5) is 22.1. The van der Waals surface area contributed by atoms with E-state index in [1.54, 1.807) is 25.5 Å². The van der Waals surface area contributed by atoms with Gasteiger partial charge >= 0.3 is 0 Å². The Morgan fingerprint density at radius 1 is 1.30 bits per heavy atom. The maximum atomic E-state index is 14.5. The molecule has 0 N–H and O–H groups in total. The van der Waals surface area contributed by atoms with Gasteiger partial charge in [0.05, 0.1) is 24.8 Å². The number of carbonyl (C=O) groups is 1. The van der Waals surface area contributed by atoms with E-state index in [0.29, 0.717) is 35.5 Å². The number of fused-ring (bicyclic) bond motifs is 3. The summed E-state index contributed by atoms with van der Waals surface area (Å²) in [6.07, 6.45) is 2.82. The van der Waals surface area contributed by atoms with Crippen LogP contribution in [0.1, 0.15) is 37.4 Å². The van der Waals surface area contributed by atoms with E-state index >= 15 is 0 Å². The topological polar surface area (TPSA) is 52.1 Å². The third-order valence-corrected chi connectivity index (χ3v) is 6.18. The summed E-state index contributed by atoms with van der Waals surface area (Å²) in [5.74, 6) is 0.436. The number of allylic oxidation sites excluding steroid dienone is 1. The highest BCUT2D eigenvalue weighted by atomic mass is 19.1. The van der Waals surface area contributed by atoms with Crippen LogP contribution in [0.2, 0.25) is 0 Å². The molecular formula is C22H23FN2O2. The van der Waals surface area contributed by atoms with Gasteiger partial charge in [-0.25, -0.2) is 14.4 Å². The Labute approximate surface area is 158 Å². The molecule has 4 nitrogen and oxygen atoms in total. The van der Waals surface area contributed by atoms with Crippen molar-refractivity contribution in [2.45, 2.75) is 39.0 Å². The van der Waals surface area contributed by atoms with Crippen LogP contribution in [0.15, 0.2) is 36.1 Å². The molecule has 2 aliphatic rings. The fourth-order valence-electron chi connectivity index (χ4n) is 4.90. The van der Waals surface area contributed by atoms with Crippen molar-refractivity contribution in [2.75, 3.05) is 7.11 Å². The van der Waals surface area contributed by atoms with Crippen LogP contribution in [-0.2, 0) is 21.4 Å². The average Bonchev–Trinajstić information content (AvgIpc) is 2.93. The van der Waals surface area contributed by atoms with Crippen molar-refractivity contribution in [1.82, 2.24) is 9.97 Å². The Kier molecular flexibility index (Phi) is 4.13. The van der Waals surface area contributed by atoms with Gasteiger partial charge in [-0.2, -0.15) is 0 Å². The van der Waals surface area contributed by atoms with Crippen LogP contribution in [0.25, 0.3) is 11.3 Å². The quantitative estimate of drug-likeness (QED) is 0.592. The smallest absolute Gasteiger partial charge is 0.165 e.